The number of anilines is 4. The number of hydrogen-bond donors (Lipinski definition) is 3. The minimum absolute atomic E-state index is 0.0803. The van der Waals surface area contributed by atoms with Crippen LogP contribution >= 0.6 is 11.6 Å². The van der Waals surface area contributed by atoms with E-state index >= 15 is 0 Å². The first-order valence-corrected chi connectivity index (χ1v) is 18.0. The third kappa shape index (κ3) is 6.60. The number of piperidine rings is 2. The molecule has 3 amide bonds. The Kier molecular flexibility index (Phi) is 8.88. The molecular weight excluding hydrogens is 700 g/mol. The van der Waals surface area contributed by atoms with Gasteiger partial charge in [0.1, 0.15) is 11.1 Å². The molecule has 2 aromatic carbocycles. The van der Waals surface area contributed by atoms with Crippen LogP contribution < -0.4 is 36.0 Å². The molecule has 1 spiro atoms. The van der Waals surface area contributed by atoms with Gasteiger partial charge in [-0.15, -0.1) is 0 Å². The zero-order valence-corrected chi connectivity index (χ0v) is 30.2. The van der Waals surface area contributed by atoms with E-state index in [1.165, 1.54) is 11.6 Å². The fraction of sp³-hybridized carbons (Fsp3) is 0.378. The van der Waals surface area contributed by atoms with Crippen LogP contribution in [0.5, 0.6) is 5.75 Å². The van der Waals surface area contributed by atoms with Crippen LogP contribution in [0.3, 0.4) is 0 Å². The summed E-state index contributed by atoms with van der Waals surface area (Å²) in [5.74, 6) is 0.321. The first-order valence-electron chi connectivity index (χ1n) is 17.7. The molecule has 0 radical (unpaired) electrons. The number of amides is 3. The Labute approximate surface area is 309 Å². The van der Waals surface area contributed by atoms with Gasteiger partial charge >= 0.3 is 0 Å². The lowest BCUT2D eigenvalue weighted by molar-refractivity contribution is -0.135. The highest BCUT2D eigenvalue weighted by atomic mass is 35.5. The molecule has 3 aliphatic heterocycles. The second kappa shape index (κ2) is 13.7. The Balaban J connectivity index is 0.928. The average molecular weight is 739 g/mol. The van der Waals surface area contributed by atoms with Crippen LogP contribution in [-0.4, -0.2) is 81.6 Å². The number of benzene rings is 2. The number of aromatic nitrogens is 5. The summed E-state index contributed by atoms with van der Waals surface area (Å²) in [6, 6.07) is 13.0. The molecule has 8 rings (SSSR count). The van der Waals surface area contributed by atoms with Gasteiger partial charge < -0.3 is 34.3 Å². The van der Waals surface area contributed by atoms with E-state index in [1.54, 1.807) is 25.6 Å². The molecule has 3 aromatic heterocycles. The maximum atomic E-state index is 12.8. The smallest absolute Gasteiger partial charge is 0.293 e. The Hall–Kier alpha value is -5.70. The van der Waals surface area contributed by atoms with Crippen molar-refractivity contribution in [1.82, 2.24) is 34.7 Å². The third-order valence-electron chi connectivity index (χ3n) is 10.8. The molecular formula is C37H39ClN10O5. The molecule has 3 saturated heterocycles. The molecule has 274 valence electrons. The van der Waals surface area contributed by atoms with Crippen molar-refractivity contribution in [3.63, 3.8) is 0 Å². The lowest BCUT2D eigenvalue weighted by Gasteiger charge is -2.40. The van der Waals surface area contributed by atoms with Crippen molar-refractivity contribution < 1.29 is 19.1 Å². The number of aryl methyl sites for hydroxylation is 1. The quantitative estimate of drug-likeness (QED) is 0.199. The number of imidazole rings is 1. The SMILES string of the molecule is CNC(=O)COc1cc2cc(Nc3nc(N4CCC5(CCN(c6ccc7c(c6)ncn7C6CCC(=O)NC6=O)CC5)C4)ncc3Cl)ccc2n(C)c1=O. The maximum absolute atomic E-state index is 12.8. The fourth-order valence-corrected chi connectivity index (χ4v) is 7.89. The fourth-order valence-electron chi connectivity index (χ4n) is 7.75. The molecule has 0 aliphatic carbocycles. The number of halogens is 1. The van der Waals surface area contributed by atoms with E-state index < -0.39 is 6.04 Å². The van der Waals surface area contributed by atoms with Crippen LogP contribution in [0.25, 0.3) is 21.9 Å². The van der Waals surface area contributed by atoms with Gasteiger partial charge in [0.25, 0.3) is 11.5 Å². The first-order chi connectivity index (χ1) is 25.6. The number of nitrogens with one attached hydrogen (secondary N) is 3. The molecule has 53 heavy (non-hydrogen) atoms. The number of hydrogen-bond acceptors (Lipinski definition) is 11. The van der Waals surface area contributed by atoms with Crippen LogP contribution in [-0.2, 0) is 21.4 Å². The second-order valence-corrected chi connectivity index (χ2v) is 14.5. The number of pyridine rings is 1. The van der Waals surface area contributed by atoms with Crippen molar-refractivity contribution in [2.75, 3.05) is 55.0 Å². The summed E-state index contributed by atoms with van der Waals surface area (Å²) < 4.78 is 8.86. The first kappa shape index (κ1) is 34.4. The number of ether oxygens (including phenoxy) is 1. The summed E-state index contributed by atoms with van der Waals surface area (Å²) >= 11 is 6.58. The highest BCUT2D eigenvalue weighted by Gasteiger charge is 2.41. The van der Waals surface area contributed by atoms with E-state index in [0.717, 1.165) is 67.5 Å². The van der Waals surface area contributed by atoms with Gasteiger partial charge in [0.2, 0.25) is 17.8 Å². The van der Waals surface area contributed by atoms with Gasteiger partial charge in [0.15, 0.2) is 18.2 Å². The molecule has 1 unspecified atom stereocenters. The number of nitrogens with zero attached hydrogens (tertiary/aromatic N) is 7. The zero-order valence-electron chi connectivity index (χ0n) is 29.4. The third-order valence-corrected chi connectivity index (χ3v) is 11.1. The molecule has 0 saturated carbocycles. The van der Waals surface area contributed by atoms with Crippen molar-refractivity contribution >= 4 is 74.4 Å². The summed E-state index contributed by atoms with van der Waals surface area (Å²) in [5, 5.41) is 9.36. The van der Waals surface area contributed by atoms with Crippen LogP contribution in [0.1, 0.15) is 38.1 Å². The number of imide groups is 1. The van der Waals surface area contributed by atoms with E-state index in [1.807, 2.05) is 28.8 Å². The van der Waals surface area contributed by atoms with Gasteiger partial charge in [-0.2, -0.15) is 4.98 Å². The van der Waals surface area contributed by atoms with Gasteiger partial charge in [0, 0.05) is 63.5 Å². The van der Waals surface area contributed by atoms with Crippen molar-refractivity contribution in [2.24, 2.45) is 12.5 Å². The zero-order chi connectivity index (χ0) is 36.9. The standard InChI is InChI=1S/C37H39ClN10O5/c1-39-32(50)19-53-30-16-22-15-23(3-5-27(22)45(2)35(30)52)42-33-25(38)18-40-36(44-33)47-14-11-37(20-47)9-12-46(13-10-37)24-4-6-28-26(17-24)41-21-48(28)29-7-8-31(49)43-34(29)51/h3-6,15-18,21,29H,7-14,19-20H2,1-2H3,(H,39,50)(H,40,42,44)(H,43,49,51). The predicted octanol–water partition coefficient (Wildman–Crippen LogP) is 3.67. The van der Waals surface area contributed by atoms with E-state index in [4.69, 9.17) is 21.3 Å². The second-order valence-electron chi connectivity index (χ2n) is 14.1. The molecule has 3 N–H and O–H groups in total. The Morgan fingerprint density at radius 1 is 1.02 bits per heavy atom. The number of fused-ring (bicyclic) bond motifs is 2. The largest absolute Gasteiger partial charge is 0.478 e. The molecule has 0 bridgehead atoms. The van der Waals surface area contributed by atoms with Crippen LogP contribution in [0.4, 0.5) is 23.1 Å². The summed E-state index contributed by atoms with van der Waals surface area (Å²) in [6.45, 7) is 3.25. The Morgan fingerprint density at radius 2 is 1.79 bits per heavy atom. The van der Waals surface area contributed by atoms with Crippen LogP contribution in [0, 0.1) is 5.41 Å². The van der Waals surface area contributed by atoms with Crippen molar-refractivity contribution in [2.45, 2.75) is 38.1 Å². The summed E-state index contributed by atoms with van der Waals surface area (Å²) in [4.78, 5) is 67.3. The van der Waals surface area contributed by atoms with Crippen LogP contribution in [0.2, 0.25) is 5.02 Å². The number of likely N-dealkylation sites (N-methyl/N-ethyl adjacent to an activating group) is 1. The van der Waals surface area contributed by atoms with E-state index in [-0.39, 0.29) is 41.1 Å². The van der Waals surface area contributed by atoms with E-state index in [0.29, 0.717) is 40.8 Å². The van der Waals surface area contributed by atoms with Crippen molar-refractivity contribution in [1.29, 1.82) is 0 Å². The molecule has 15 nitrogen and oxygen atoms in total. The number of carbonyl (C=O) groups excluding carboxylic acids is 3. The predicted molar refractivity (Wildman–Crippen MR) is 201 cm³/mol. The minimum atomic E-state index is -0.436. The summed E-state index contributed by atoms with van der Waals surface area (Å²) in [7, 11) is 3.17. The Bertz CT molecular complexity index is 2330. The molecule has 6 heterocycles. The van der Waals surface area contributed by atoms with Gasteiger partial charge in [-0.25, -0.2) is 9.97 Å². The number of carbonyl (C=O) groups is 3. The lowest BCUT2D eigenvalue weighted by atomic mass is 9.77. The highest BCUT2D eigenvalue weighted by molar-refractivity contribution is 6.33. The average Bonchev–Trinajstić information content (AvgIpc) is 3.77. The van der Waals surface area contributed by atoms with E-state index in [9.17, 15) is 19.2 Å². The molecule has 3 fully saturated rings. The molecule has 1 atom stereocenters. The normalized spacial score (nSPS) is 18.5. The molecule has 5 aromatic rings. The van der Waals surface area contributed by atoms with Crippen LogP contribution in [0.15, 0.2) is 59.8 Å². The molecule has 16 heteroatoms. The Morgan fingerprint density at radius 3 is 2.57 bits per heavy atom. The number of rotatable bonds is 8. The topological polar surface area (TPSA) is 169 Å². The molecule has 3 aliphatic rings. The van der Waals surface area contributed by atoms with Gasteiger partial charge in [-0.3, -0.25) is 24.5 Å². The van der Waals surface area contributed by atoms with Gasteiger partial charge in [-0.05, 0) is 73.6 Å². The monoisotopic (exact) mass is 738 g/mol. The van der Waals surface area contributed by atoms with E-state index in [2.05, 4.69) is 47.9 Å². The highest BCUT2D eigenvalue weighted by Crippen LogP contribution is 2.43. The lowest BCUT2D eigenvalue weighted by Crippen LogP contribution is -2.42. The summed E-state index contributed by atoms with van der Waals surface area (Å²) in [5.41, 5.74) is 4.05. The van der Waals surface area contributed by atoms with Crippen molar-refractivity contribution in [3.05, 3.63) is 70.4 Å². The maximum Gasteiger partial charge on any atom is 0.293 e. The minimum Gasteiger partial charge on any atom is -0.478 e. The summed E-state index contributed by atoms with van der Waals surface area (Å²) in [6.07, 6.45) is 7.20. The van der Waals surface area contributed by atoms with Gasteiger partial charge in [0.05, 0.1) is 29.1 Å². The van der Waals surface area contributed by atoms with Gasteiger partial charge in [-0.1, -0.05) is 11.6 Å². The van der Waals surface area contributed by atoms with Crippen molar-refractivity contribution in [3.8, 4) is 5.75 Å².